The second kappa shape index (κ2) is 12.5. The Labute approximate surface area is 312 Å². The average molecular weight is 687 g/mol. The molecule has 0 fully saturated rings. The lowest BCUT2D eigenvalue weighted by atomic mass is 9.94. The number of fused-ring (bicyclic) bond motifs is 6. The number of rotatable bonds is 5. The Hall–Kier alpha value is -7.66. The van der Waals surface area contributed by atoms with Gasteiger partial charge in [-0.2, -0.15) is 10.5 Å². The molecule has 0 spiro atoms. The van der Waals surface area contributed by atoms with Crippen LogP contribution in [0.1, 0.15) is 11.1 Å². The third kappa shape index (κ3) is 4.83. The molecular formula is C50H30N4. The summed E-state index contributed by atoms with van der Waals surface area (Å²) in [6.07, 6.45) is 0. The highest BCUT2D eigenvalue weighted by Crippen LogP contribution is 2.45. The van der Waals surface area contributed by atoms with Crippen molar-refractivity contribution in [2.75, 3.05) is 0 Å². The van der Waals surface area contributed by atoms with E-state index in [4.69, 9.17) is 0 Å². The molecular weight excluding hydrogens is 657 g/mol. The minimum Gasteiger partial charge on any atom is -0.309 e. The molecule has 10 aromatic rings. The standard InChI is InChI=1S/C50H30N4/c51-31-38-21-20-37(28-39(38)32-52)49-47(26-27-48-50(49)41-18-10-11-19-44(41)53(48)40-16-8-3-9-17-40)54-45-24-22-35(33-12-4-1-5-13-33)29-42(45)43-30-36(23-25-46(43)54)34-14-6-2-7-15-34/h1-30H. The van der Waals surface area contributed by atoms with E-state index < -0.39 is 0 Å². The molecule has 10 rings (SSSR count). The van der Waals surface area contributed by atoms with Crippen molar-refractivity contribution in [2.45, 2.75) is 0 Å². The van der Waals surface area contributed by atoms with Gasteiger partial charge in [0, 0.05) is 32.8 Å². The summed E-state index contributed by atoms with van der Waals surface area (Å²) in [7, 11) is 0. The van der Waals surface area contributed by atoms with Crippen molar-refractivity contribution >= 4 is 43.6 Å². The molecule has 0 N–H and O–H groups in total. The molecule has 2 heterocycles. The van der Waals surface area contributed by atoms with Gasteiger partial charge >= 0.3 is 0 Å². The molecule has 0 aliphatic carbocycles. The topological polar surface area (TPSA) is 57.4 Å². The van der Waals surface area contributed by atoms with Crippen molar-refractivity contribution < 1.29 is 0 Å². The quantitative estimate of drug-likeness (QED) is 0.181. The van der Waals surface area contributed by atoms with Crippen LogP contribution in [0.15, 0.2) is 182 Å². The highest BCUT2D eigenvalue weighted by Gasteiger charge is 2.23. The zero-order valence-corrected chi connectivity index (χ0v) is 29.1. The maximum atomic E-state index is 10.2. The van der Waals surface area contributed by atoms with Crippen molar-refractivity contribution in [3.8, 4) is 56.9 Å². The van der Waals surface area contributed by atoms with E-state index in [9.17, 15) is 10.5 Å². The maximum Gasteiger partial charge on any atom is 0.101 e. The van der Waals surface area contributed by atoms with E-state index in [1.54, 1.807) is 6.07 Å². The summed E-state index contributed by atoms with van der Waals surface area (Å²) in [6.45, 7) is 0. The van der Waals surface area contributed by atoms with E-state index >= 15 is 0 Å². The molecule has 0 radical (unpaired) electrons. The molecule has 0 aliphatic rings. The number of nitriles is 2. The van der Waals surface area contributed by atoms with Crippen LogP contribution in [0.5, 0.6) is 0 Å². The van der Waals surface area contributed by atoms with Crippen LogP contribution in [0.4, 0.5) is 0 Å². The van der Waals surface area contributed by atoms with E-state index in [1.165, 1.54) is 0 Å². The Balaban J connectivity index is 1.36. The van der Waals surface area contributed by atoms with Crippen molar-refractivity contribution in [2.24, 2.45) is 0 Å². The van der Waals surface area contributed by atoms with Crippen LogP contribution in [-0.4, -0.2) is 9.13 Å². The predicted molar refractivity (Wildman–Crippen MR) is 221 cm³/mol. The Morgan fingerprint density at radius 3 is 1.48 bits per heavy atom. The highest BCUT2D eigenvalue weighted by molar-refractivity contribution is 6.19. The van der Waals surface area contributed by atoms with Crippen molar-refractivity contribution in [1.82, 2.24) is 9.13 Å². The van der Waals surface area contributed by atoms with Gasteiger partial charge in [-0.1, -0.05) is 115 Å². The van der Waals surface area contributed by atoms with Gasteiger partial charge in [-0.25, -0.2) is 0 Å². The van der Waals surface area contributed by atoms with Crippen LogP contribution in [-0.2, 0) is 0 Å². The van der Waals surface area contributed by atoms with Crippen LogP contribution in [0.3, 0.4) is 0 Å². The molecule has 0 saturated heterocycles. The van der Waals surface area contributed by atoms with Crippen LogP contribution < -0.4 is 0 Å². The number of para-hydroxylation sites is 2. The third-order valence-corrected chi connectivity index (χ3v) is 10.6. The third-order valence-electron chi connectivity index (χ3n) is 10.6. The lowest BCUT2D eigenvalue weighted by molar-refractivity contribution is 1.17. The molecule has 0 amide bonds. The molecule has 4 heteroatoms. The van der Waals surface area contributed by atoms with E-state index in [-0.39, 0.29) is 0 Å². The Morgan fingerprint density at radius 2 is 0.870 bits per heavy atom. The first kappa shape index (κ1) is 31.1. The number of hydrogen-bond acceptors (Lipinski definition) is 2. The van der Waals surface area contributed by atoms with Crippen LogP contribution in [0, 0.1) is 22.7 Å². The van der Waals surface area contributed by atoms with E-state index in [2.05, 4.69) is 167 Å². The number of aromatic nitrogens is 2. The molecule has 250 valence electrons. The smallest absolute Gasteiger partial charge is 0.101 e. The summed E-state index contributed by atoms with van der Waals surface area (Å²) in [5.41, 5.74) is 13.6. The number of benzene rings is 8. The number of nitrogens with zero attached hydrogens (tertiary/aromatic N) is 4. The SMILES string of the molecule is N#Cc1ccc(-c2c(-n3c4ccc(-c5ccccc5)cc4c4cc(-c5ccccc5)ccc43)ccc3c2c2ccccc2n3-c2ccccc2)cc1C#N. The first-order valence-electron chi connectivity index (χ1n) is 18.0. The van der Waals surface area contributed by atoms with Gasteiger partial charge in [0.2, 0.25) is 0 Å². The van der Waals surface area contributed by atoms with Crippen LogP contribution in [0.25, 0.3) is 88.4 Å². The zero-order valence-electron chi connectivity index (χ0n) is 29.1. The van der Waals surface area contributed by atoms with Crippen LogP contribution >= 0.6 is 0 Å². The summed E-state index contributed by atoms with van der Waals surface area (Å²) in [6, 6.07) is 68.1. The van der Waals surface area contributed by atoms with Gasteiger partial charge in [0.25, 0.3) is 0 Å². The fraction of sp³-hybridized carbons (Fsp3) is 0. The second-order valence-corrected chi connectivity index (χ2v) is 13.6. The van der Waals surface area contributed by atoms with Crippen molar-refractivity contribution in [3.05, 3.63) is 193 Å². The molecule has 0 unspecified atom stereocenters. The largest absolute Gasteiger partial charge is 0.309 e. The van der Waals surface area contributed by atoms with Crippen LogP contribution in [0.2, 0.25) is 0 Å². The Bertz CT molecular complexity index is 3060. The first-order chi connectivity index (χ1) is 26.7. The molecule has 0 saturated carbocycles. The monoisotopic (exact) mass is 686 g/mol. The summed E-state index contributed by atoms with van der Waals surface area (Å²) in [4.78, 5) is 0. The zero-order chi connectivity index (χ0) is 36.2. The van der Waals surface area contributed by atoms with E-state index in [1.807, 2.05) is 30.3 Å². The summed E-state index contributed by atoms with van der Waals surface area (Å²) >= 11 is 0. The number of hydrogen-bond donors (Lipinski definition) is 0. The lowest BCUT2D eigenvalue weighted by Crippen LogP contribution is -2.00. The van der Waals surface area contributed by atoms with Gasteiger partial charge < -0.3 is 9.13 Å². The van der Waals surface area contributed by atoms with Crippen molar-refractivity contribution in [3.63, 3.8) is 0 Å². The van der Waals surface area contributed by atoms with E-state index in [0.29, 0.717) is 11.1 Å². The summed E-state index contributed by atoms with van der Waals surface area (Å²) in [5.74, 6) is 0. The van der Waals surface area contributed by atoms with Gasteiger partial charge in [0.05, 0.1) is 38.9 Å². The fourth-order valence-corrected chi connectivity index (χ4v) is 8.18. The minimum absolute atomic E-state index is 0.354. The normalized spacial score (nSPS) is 11.3. The molecule has 54 heavy (non-hydrogen) atoms. The minimum atomic E-state index is 0.354. The van der Waals surface area contributed by atoms with Gasteiger partial charge in [0.15, 0.2) is 0 Å². The second-order valence-electron chi connectivity index (χ2n) is 13.6. The lowest BCUT2D eigenvalue weighted by Gasteiger charge is -2.17. The fourth-order valence-electron chi connectivity index (χ4n) is 8.18. The first-order valence-corrected chi connectivity index (χ1v) is 18.0. The molecule has 2 aromatic heterocycles. The Kier molecular flexibility index (Phi) is 7.22. The van der Waals surface area contributed by atoms with Gasteiger partial charge in [-0.15, -0.1) is 0 Å². The summed E-state index contributed by atoms with van der Waals surface area (Å²) < 4.78 is 4.69. The molecule has 8 aromatic carbocycles. The average Bonchev–Trinajstić information content (AvgIpc) is 3.76. The molecule has 0 aliphatic heterocycles. The molecule has 0 bridgehead atoms. The predicted octanol–water partition coefficient (Wildman–Crippen LogP) is 12.6. The van der Waals surface area contributed by atoms with Gasteiger partial charge in [0.1, 0.15) is 12.1 Å². The molecule has 4 nitrogen and oxygen atoms in total. The van der Waals surface area contributed by atoms with Crippen molar-refractivity contribution in [1.29, 1.82) is 10.5 Å². The molecule has 0 atom stereocenters. The van der Waals surface area contributed by atoms with Gasteiger partial charge in [-0.3, -0.25) is 0 Å². The Morgan fingerprint density at radius 1 is 0.352 bits per heavy atom. The van der Waals surface area contributed by atoms with Gasteiger partial charge in [-0.05, 0) is 94.5 Å². The highest BCUT2D eigenvalue weighted by atomic mass is 15.0. The van der Waals surface area contributed by atoms with E-state index in [0.717, 1.165) is 88.4 Å². The maximum absolute atomic E-state index is 10.2. The summed E-state index contributed by atoms with van der Waals surface area (Å²) in [5, 5.41) is 24.6.